The molecule has 5 nitrogen and oxygen atoms in total. The number of imide groups is 1. The Bertz CT molecular complexity index is 654. The number of unbranched alkanes of at least 4 members (excludes halogenated alkanes) is 2. The molecule has 0 spiro atoms. The topological polar surface area (TPSA) is 66.8 Å². The monoisotopic (exact) mass is 377 g/mol. The number of ether oxygens (including phenoxy) is 1. The van der Waals surface area contributed by atoms with Gasteiger partial charge in [-0.3, -0.25) is 14.5 Å². The molecule has 0 bridgehead atoms. The van der Waals surface area contributed by atoms with Crippen molar-refractivity contribution in [2.75, 3.05) is 25.5 Å². The third-order valence-corrected chi connectivity index (χ3v) is 5.12. The normalized spacial score (nSPS) is 14.5. The highest BCUT2D eigenvalue weighted by molar-refractivity contribution is 8.04. The second kappa shape index (κ2) is 10.4. The van der Waals surface area contributed by atoms with Crippen LogP contribution in [-0.4, -0.2) is 47.3 Å². The summed E-state index contributed by atoms with van der Waals surface area (Å²) in [4.78, 5) is 27.4. The molecule has 2 rings (SSSR count). The van der Waals surface area contributed by atoms with Gasteiger partial charge >= 0.3 is 0 Å². The van der Waals surface area contributed by atoms with Crippen molar-refractivity contribution in [2.24, 2.45) is 0 Å². The minimum atomic E-state index is -0.245. The van der Waals surface area contributed by atoms with E-state index >= 15 is 0 Å². The fourth-order valence-electron chi connectivity index (χ4n) is 2.75. The number of amides is 2. The summed E-state index contributed by atoms with van der Waals surface area (Å²) in [6, 6.07) is 7.29. The highest BCUT2D eigenvalue weighted by atomic mass is 32.2. The summed E-state index contributed by atoms with van der Waals surface area (Å²) in [6.07, 6.45) is 3.74. The molecule has 0 saturated carbocycles. The fraction of sp³-hybridized carbons (Fsp3) is 0.500. The van der Waals surface area contributed by atoms with E-state index in [2.05, 4.69) is 6.92 Å². The number of benzene rings is 1. The van der Waals surface area contributed by atoms with E-state index in [0.717, 1.165) is 31.4 Å². The molecule has 0 fully saturated rings. The van der Waals surface area contributed by atoms with Crippen molar-refractivity contribution in [3.05, 3.63) is 34.7 Å². The van der Waals surface area contributed by atoms with Gasteiger partial charge in [-0.15, -0.1) is 11.8 Å². The molecule has 1 aromatic rings. The van der Waals surface area contributed by atoms with Crippen molar-refractivity contribution in [3.63, 3.8) is 0 Å². The van der Waals surface area contributed by atoms with Gasteiger partial charge in [0.15, 0.2) is 0 Å². The van der Waals surface area contributed by atoms with E-state index < -0.39 is 0 Å². The molecular formula is C20H27NO4S. The molecule has 142 valence electrons. The van der Waals surface area contributed by atoms with Gasteiger partial charge in [-0.2, -0.15) is 0 Å². The summed E-state index contributed by atoms with van der Waals surface area (Å²) >= 11 is 1.25. The second-order valence-corrected chi connectivity index (χ2v) is 7.22. The molecule has 1 aliphatic rings. The first-order chi connectivity index (χ1) is 12.6. The average molecular weight is 378 g/mol. The predicted octanol–water partition coefficient (Wildman–Crippen LogP) is 3.47. The summed E-state index contributed by atoms with van der Waals surface area (Å²) in [6.45, 7) is 5.17. The number of rotatable bonds is 11. The molecule has 0 atom stereocenters. The van der Waals surface area contributed by atoms with Crippen LogP contribution in [0, 0.1) is 0 Å². The van der Waals surface area contributed by atoms with Crippen molar-refractivity contribution in [2.45, 2.75) is 39.5 Å². The van der Waals surface area contributed by atoms with E-state index in [0.29, 0.717) is 34.9 Å². The maximum atomic E-state index is 12.9. The summed E-state index contributed by atoms with van der Waals surface area (Å²) in [5.41, 5.74) is 1.15. The Hall–Kier alpha value is -1.79. The molecular weight excluding hydrogens is 350 g/mol. The van der Waals surface area contributed by atoms with Crippen LogP contribution < -0.4 is 4.74 Å². The lowest BCUT2D eigenvalue weighted by atomic mass is 10.1. The third-order valence-electron chi connectivity index (χ3n) is 4.06. The van der Waals surface area contributed by atoms with Crippen LogP contribution in [0.25, 0.3) is 5.57 Å². The lowest BCUT2D eigenvalue weighted by Gasteiger charge is -2.14. The Labute approximate surface area is 159 Å². The molecule has 1 N–H and O–H groups in total. The standard InChI is InChI=1S/C20H27NO4S/c1-3-5-6-11-21-19(23)17(18(20(21)24)26-14-12-22)15-7-9-16(10-8-15)25-13-4-2/h7-10,22H,3-6,11-14H2,1-2H3. The summed E-state index contributed by atoms with van der Waals surface area (Å²) in [5.74, 6) is 0.648. The minimum Gasteiger partial charge on any atom is -0.494 e. The maximum absolute atomic E-state index is 12.9. The van der Waals surface area contributed by atoms with Crippen molar-refractivity contribution in [1.82, 2.24) is 4.90 Å². The molecule has 1 heterocycles. The third kappa shape index (κ3) is 4.89. The van der Waals surface area contributed by atoms with E-state index in [9.17, 15) is 9.59 Å². The molecule has 0 saturated heterocycles. The van der Waals surface area contributed by atoms with E-state index in [1.54, 1.807) is 0 Å². The number of aliphatic hydroxyl groups is 1. The predicted molar refractivity (Wildman–Crippen MR) is 105 cm³/mol. The molecule has 1 aliphatic heterocycles. The fourth-order valence-corrected chi connectivity index (χ4v) is 3.63. The van der Waals surface area contributed by atoms with Crippen molar-refractivity contribution in [1.29, 1.82) is 0 Å². The zero-order chi connectivity index (χ0) is 18.9. The average Bonchev–Trinajstić information content (AvgIpc) is 2.89. The van der Waals surface area contributed by atoms with Crippen LogP contribution in [-0.2, 0) is 9.59 Å². The molecule has 2 amide bonds. The van der Waals surface area contributed by atoms with Gasteiger partial charge in [-0.05, 0) is 30.5 Å². The van der Waals surface area contributed by atoms with E-state index in [-0.39, 0.29) is 18.4 Å². The van der Waals surface area contributed by atoms with Gasteiger partial charge in [-0.1, -0.05) is 38.8 Å². The van der Waals surface area contributed by atoms with Crippen molar-refractivity contribution in [3.8, 4) is 5.75 Å². The van der Waals surface area contributed by atoms with Crippen LogP contribution in [0.15, 0.2) is 29.2 Å². The Kier molecular flexibility index (Phi) is 8.19. The number of hydrogen-bond donors (Lipinski definition) is 1. The first-order valence-corrected chi connectivity index (χ1v) is 10.2. The van der Waals surface area contributed by atoms with Crippen LogP contribution in [0.5, 0.6) is 5.75 Å². The highest BCUT2D eigenvalue weighted by Crippen LogP contribution is 2.36. The van der Waals surface area contributed by atoms with E-state index in [1.807, 2.05) is 31.2 Å². The van der Waals surface area contributed by atoms with Crippen LogP contribution in [0.2, 0.25) is 0 Å². The Morgan fingerprint density at radius 1 is 1.04 bits per heavy atom. The molecule has 0 radical (unpaired) electrons. The molecule has 0 aromatic heterocycles. The zero-order valence-corrected chi connectivity index (χ0v) is 16.3. The first-order valence-electron chi connectivity index (χ1n) is 9.21. The molecule has 26 heavy (non-hydrogen) atoms. The quantitative estimate of drug-likeness (QED) is 0.472. The van der Waals surface area contributed by atoms with Gasteiger partial charge in [0.05, 0.1) is 23.7 Å². The lowest BCUT2D eigenvalue weighted by Crippen LogP contribution is -2.32. The smallest absolute Gasteiger partial charge is 0.267 e. The largest absolute Gasteiger partial charge is 0.494 e. The number of aliphatic hydroxyl groups excluding tert-OH is 1. The van der Waals surface area contributed by atoms with Gasteiger partial charge in [0.25, 0.3) is 11.8 Å². The van der Waals surface area contributed by atoms with Crippen LogP contribution in [0.4, 0.5) is 0 Å². The molecule has 1 aromatic carbocycles. The Balaban J connectivity index is 2.26. The second-order valence-electron chi connectivity index (χ2n) is 6.12. The number of hydrogen-bond acceptors (Lipinski definition) is 5. The first kappa shape index (κ1) is 20.5. The zero-order valence-electron chi connectivity index (χ0n) is 15.5. The lowest BCUT2D eigenvalue weighted by molar-refractivity contribution is -0.136. The van der Waals surface area contributed by atoms with Gasteiger partial charge in [-0.25, -0.2) is 0 Å². The van der Waals surface area contributed by atoms with Crippen LogP contribution in [0.3, 0.4) is 0 Å². The number of thioether (sulfide) groups is 1. The SMILES string of the molecule is CCCCCN1C(=O)C(SCCO)=C(c2ccc(OCCC)cc2)C1=O. The van der Waals surface area contributed by atoms with Crippen LogP contribution in [0.1, 0.15) is 45.1 Å². The molecule has 0 unspecified atom stereocenters. The number of carbonyl (C=O) groups is 2. The maximum Gasteiger partial charge on any atom is 0.267 e. The minimum absolute atomic E-state index is 0.0391. The van der Waals surface area contributed by atoms with Gasteiger partial charge in [0.1, 0.15) is 5.75 Å². The Morgan fingerprint density at radius 2 is 1.77 bits per heavy atom. The van der Waals surface area contributed by atoms with Crippen molar-refractivity contribution >= 4 is 29.1 Å². The van der Waals surface area contributed by atoms with Crippen molar-refractivity contribution < 1.29 is 19.4 Å². The molecule has 6 heteroatoms. The van der Waals surface area contributed by atoms with E-state index in [4.69, 9.17) is 9.84 Å². The van der Waals surface area contributed by atoms with Crippen LogP contribution >= 0.6 is 11.8 Å². The van der Waals surface area contributed by atoms with Gasteiger partial charge < -0.3 is 9.84 Å². The summed E-state index contributed by atoms with van der Waals surface area (Å²) in [5, 5.41) is 9.12. The number of nitrogens with zero attached hydrogens (tertiary/aromatic N) is 1. The highest BCUT2D eigenvalue weighted by Gasteiger charge is 2.38. The summed E-state index contributed by atoms with van der Waals surface area (Å²) in [7, 11) is 0. The Morgan fingerprint density at radius 3 is 2.38 bits per heavy atom. The van der Waals surface area contributed by atoms with Gasteiger partial charge in [0.2, 0.25) is 0 Å². The van der Waals surface area contributed by atoms with Gasteiger partial charge in [0, 0.05) is 12.3 Å². The molecule has 0 aliphatic carbocycles. The number of carbonyl (C=O) groups excluding carboxylic acids is 2. The summed E-state index contributed by atoms with van der Waals surface area (Å²) < 4.78 is 5.58. The van der Waals surface area contributed by atoms with E-state index in [1.165, 1.54) is 16.7 Å².